The van der Waals surface area contributed by atoms with Gasteiger partial charge in [-0.15, -0.1) is 11.3 Å². The monoisotopic (exact) mass is 517 g/mol. The van der Waals surface area contributed by atoms with Crippen molar-refractivity contribution in [3.63, 3.8) is 0 Å². The highest BCUT2D eigenvalue weighted by Gasteiger charge is 2.25. The third-order valence-corrected chi connectivity index (χ3v) is 6.72. The van der Waals surface area contributed by atoms with Crippen molar-refractivity contribution in [3.8, 4) is 16.2 Å². The Kier molecular flexibility index (Phi) is 7.66. The number of amides is 1. The third-order valence-electron chi connectivity index (χ3n) is 4.50. The van der Waals surface area contributed by atoms with Crippen LogP contribution in [-0.2, 0) is 20.9 Å². The zero-order valence-electron chi connectivity index (χ0n) is 17.3. The first kappa shape index (κ1) is 23.5. The van der Waals surface area contributed by atoms with Crippen LogP contribution >= 0.6 is 27.3 Å². The molecule has 0 aliphatic heterocycles. The molecule has 1 heterocycles. The first-order chi connectivity index (χ1) is 15.3. The zero-order valence-corrected chi connectivity index (χ0v) is 19.7. The summed E-state index contributed by atoms with van der Waals surface area (Å²) in [5.41, 5.74) is 2.46. The number of ether oxygens (including phenoxy) is 2. The molecule has 3 aromatic rings. The van der Waals surface area contributed by atoms with E-state index in [0.717, 1.165) is 28.2 Å². The number of nitrogens with zero attached hydrogens (tertiary/aromatic N) is 1. The zero-order chi connectivity index (χ0) is 23.3. The van der Waals surface area contributed by atoms with Gasteiger partial charge in [-0.25, -0.2) is 9.59 Å². The molecule has 32 heavy (non-hydrogen) atoms. The summed E-state index contributed by atoms with van der Waals surface area (Å²) >= 11 is 4.58. The molecule has 0 aliphatic rings. The number of methoxy groups -OCH3 is 1. The SMILES string of the molecule is COC(=O)c1sc(-c2cccc(CN(C(C)=O)c3ccccc3)c2)c(Br)c1OCC(=O)O. The molecular weight excluding hydrogens is 498 g/mol. The molecule has 7 nitrogen and oxygen atoms in total. The van der Waals surface area contributed by atoms with Gasteiger partial charge in [0.25, 0.3) is 0 Å². The van der Waals surface area contributed by atoms with Gasteiger partial charge < -0.3 is 19.5 Å². The molecule has 0 bridgehead atoms. The summed E-state index contributed by atoms with van der Waals surface area (Å²) in [4.78, 5) is 37.9. The first-order valence-electron chi connectivity index (χ1n) is 9.49. The van der Waals surface area contributed by atoms with Crippen LogP contribution in [-0.4, -0.2) is 36.7 Å². The molecular formula is C23H20BrNO6S. The average molecular weight is 518 g/mol. The van der Waals surface area contributed by atoms with E-state index in [2.05, 4.69) is 15.9 Å². The number of thiophene rings is 1. The summed E-state index contributed by atoms with van der Waals surface area (Å²) in [5, 5.41) is 8.95. The van der Waals surface area contributed by atoms with Crippen LogP contribution in [0.4, 0.5) is 5.69 Å². The fourth-order valence-electron chi connectivity index (χ4n) is 3.06. The Bertz CT molecular complexity index is 1140. The second kappa shape index (κ2) is 10.4. The lowest BCUT2D eigenvalue weighted by molar-refractivity contribution is -0.139. The predicted octanol–water partition coefficient (Wildman–Crippen LogP) is 4.98. The minimum absolute atomic E-state index is 0.0868. The lowest BCUT2D eigenvalue weighted by atomic mass is 10.1. The molecule has 0 atom stereocenters. The van der Waals surface area contributed by atoms with E-state index in [4.69, 9.17) is 14.6 Å². The Balaban J connectivity index is 1.97. The average Bonchev–Trinajstić information content (AvgIpc) is 3.12. The highest BCUT2D eigenvalue weighted by molar-refractivity contribution is 9.10. The summed E-state index contributed by atoms with van der Waals surface area (Å²) in [6, 6.07) is 16.9. The van der Waals surface area contributed by atoms with E-state index in [-0.39, 0.29) is 16.5 Å². The smallest absolute Gasteiger partial charge is 0.351 e. The number of hydrogen-bond donors (Lipinski definition) is 1. The maximum absolute atomic E-state index is 12.2. The van der Waals surface area contributed by atoms with Gasteiger partial charge in [0.05, 0.1) is 23.0 Å². The molecule has 0 spiro atoms. The van der Waals surface area contributed by atoms with Crippen molar-refractivity contribution in [1.29, 1.82) is 0 Å². The lowest BCUT2D eigenvalue weighted by Gasteiger charge is -2.21. The summed E-state index contributed by atoms with van der Waals surface area (Å²) in [5.74, 6) is -1.74. The number of carbonyl (C=O) groups is 3. The van der Waals surface area contributed by atoms with Crippen molar-refractivity contribution < 1.29 is 29.0 Å². The molecule has 1 aromatic heterocycles. The second-order valence-electron chi connectivity index (χ2n) is 6.72. The number of halogens is 1. The molecule has 3 rings (SSSR count). The van der Waals surface area contributed by atoms with E-state index < -0.39 is 18.5 Å². The van der Waals surface area contributed by atoms with Gasteiger partial charge in [-0.05, 0) is 45.3 Å². The summed E-state index contributed by atoms with van der Waals surface area (Å²) < 4.78 is 10.6. The molecule has 1 amide bonds. The van der Waals surface area contributed by atoms with E-state index in [0.29, 0.717) is 15.9 Å². The molecule has 0 unspecified atom stereocenters. The fourth-order valence-corrected chi connectivity index (χ4v) is 5.02. The van der Waals surface area contributed by atoms with Crippen LogP contribution in [0.15, 0.2) is 59.1 Å². The number of hydrogen-bond acceptors (Lipinski definition) is 6. The van der Waals surface area contributed by atoms with Gasteiger partial charge in [0, 0.05) is 12.6 Å². The minimum atomic E-state index is -1.16. The summed E-state index contributed by atoms with van der Waals surface area (Å²) in [6.07, 6.45) is 0. The molecule has 0 radical (unpaired) electrons. The molecule has 0 fully saturated rings. The van der Waals surface area contributed by atoms with Crippen LogP contribution in [0.2, 0.25) is 0 Å². The standard InChI is InChI=1S/C23H20BrNO6S/c1-14(26)25(17-9-4-3-5-10-17)12-15-7-6-8-16(11-15)21-19(24)20(31-13-18(27)28)22(32-21)23(29)30-2/h3-11H,12-13H2,1-2H3,(H,27,28). The van der Waals surface area contributed by atoms with Crippen molar-refractivity contribution in [2.45, 2.75) is 13.5 Å². The second-order valence-corrected chi connectivity index (χ2v) is 8.53. The Labute approximate surface area is 197 Å². The normalized spacial score (nSPS) is 10.5. The third kappa shape index (κ3) is 5.35. The van der Waals surface area contributed by atoms with Crippen LogP contribution in [0.3, 0.4) is 0 Å². The number of carboxylic acid groups (broad SMARTS) is 1. The predicted molar refractivity (Wildman–Crippen MR) is 125 cm³/mol. The summed E-state index contributed by atoms with van der Waals surface area (Å²) in [6.45, 7) is 1.28. The van der Waals surface area contributed by atoms with Crippen molar-refractivity contribution in [2.24, 2.45) is 0 Å². The molecule has 0 saturated carbocycles. The fraction of sp³-hybridized carbons (Fsp3) is 0.174. The number of para-hydroxylation sites is 1. The van der Waals surface area contributed by atoms with Crippen LogP contribution < -0.4 is 9.64 Å². The lowest BCUT2D eigenvalue weighted by Crippen LogP contribution is -2.27. The minimum Gasteiger partial charge on any atom is -0.479 e. The molecule has 1 N–H and O–H groups in total. The van der Waals surface area contributed by atoms with Crippen molar-refractivity contribution >= 4 is 50.8 Å². The van der Waals surface area contributed by atoms with Gasteiger partial charge in [-0.3, -0.25) is 4.79 Å². The number of carbonyl (C=O) groups excluding carboxylic acids is 2. The van der Waals surface area contributed by atoms with Gasteiger partial charge in [0.15, 0.2) is 17.2 Å². The van der Waals surface area contributed by atoms with Crippen molar-refractivity contribution in [3.05, 3.63) is 69.5 Å². The van der Waals surface area contributed by atoms with Crippen LogP contribution in [0.1, 0.15) is 22.2 Å². The van der Waals surface area contributed by atoms with Gasteiger partial charge in [-0.2, -0.15) is 0 Å². The van der Waals surface area contributed by atoms with Gasteiger partial charge in [-0.1, -0.05) is 36.4 Å². The number of carboxylic acids is 1. The van der Waals surface area contributed by atoms with Crippen LogP contribution in [0.25, 0.3) is 10.4 Å². The van der Waals surface area contributed by atoms with E-state index in [1.54, 1.807) is 4.90 Å². The van der Waals surface area contributed by atoms with Gasteiger partial charge in [0.1, 0.15) is 0 Å². The Hall–Kier alpha value is -3.17. The van der Waals surface area contributed by atoms with E-state index >= 15 is 0 Å². The Morgan fingerprint density at radius 2 is 1.81 bits per heavy atom. The topological polar surface area (TPSA) is 93.1 Å². The molecule has 166 valence electrons. The van der Waals surface area contributed by atoms with E-state index in [1.807, 2.05) is 54.6 Å². The highest BCUT2D eigenvalue weighted by Crippen LogP contribution is 2.46. The number of rotatable bonds is 8. The van der Waals surface area contributed by atoms with Crippen molar-refractivity contribution in [1.82, 2.24) is 0 Å². The number of aliphatic carboxylic acids is 1. The van der Waals surface area contributed by atoms with E-state index in [1.165, 1.54) is 14.0 Å². The van der Waals surface area contributed by atoms with Crippen molar-refractivity contribution in [2.75, 3.05) is 18.6 Å². The maximum atomic E-state index is 12.2. The highest BCUT2D eigenvalue weighted by atomic mass is 79.9. The van der Waals surface area contributed by atoms with Crippen LogP contribution in [0.5, 0.6) is 5.75 Å². The molecule has 9 heteroatoms. The van der Waals surface area contributed by atoms with Gasteiger partial charge >= 0.3 is 11.9 Å². The Morgan fingerprint density at radius 1 is 1.09 bits per heavy atom. The number of anilines is 1. The number of benzene rings is 2. The summed E-state index contributed by atoms with van der Waals surface area (Å²) in [7, 11) is 1.25. The van der Waals surface area contributed by atoms with Gasteiger partial charge in [0.2, 0.25) is 5.91 Å². The van der Waals surface area contributed by atoms with Crippen LogP contribution in [0, 0.1) is 0 Å². The maximum Gasteiger partial charge on any atom is 0.351 e. The Morgan fingerprint density at radius 3 is 2.44 bits per heavy atom. The largest absolute Gasteiger partial charge is 0.479 e. The molecule has 2 aromatic carbocycles. The first-order valence-corrected chi connectivity index (χ1v) is 11.1. The van der Waals surface area contributed by atoms with E-state index in [9.17, 15) is 14.4 Å². The quantitative estimate of drug-likeness (QED) is 0.423. The molecule has 0 saturated heterocycles. The molecule has 0 aliphatic carbocycles. The number of esters is 1.